The summed E-state index contributed by atoms with van der Waals surface area (Å²) in [6.45, 7) is 4.82. The summed E-state index contributed by atoms with van der Waals surface area (Å²) in [5.41, 5.74) is 0. The Balaban J connectivity index is 1.83. The van der Waals surface area contributed by atoms with Crippen molar-refractivity contribution in [1.82, 2.24) is 0 Å². The van der Waals surface area contributed by atoms with Crippen molar-refractivity contribution in [1.29, 1.82) is 0 Å². The van der Waals surface area contributed by atoms with E-state index in [9.17, 15) is 0 Å². The molecule has 0 atom stereocenters. The normalized spacial score (nSPS) is 11.9. The number of hydrogen-bond acceptors (Lipinski definition) is 0. The highest BCUT2D eigenvalue weighted by atomic mass is 31.2. The van der Waals surface area contributed by atoms with E-state index in [4.69, 9.17) is 0 Å². The summed E-state index contributed by atoms with van der Waals surface area (Å²) in [7, 11) is -3.01. The van der Waals surface area contributed by atoms with Crippen LogP contribution in [0.1, 0.15) is 13.8 Å². The van der Waals surface area contributed by atoms with Crippen LogP contribution in [-0.4, -0.2) is 24.6 Å². The maximum atomic E-state index is 2.41. The van der Waals surface area contributed by atoms with E-state index in [0.29, 0.717) is 0 Å². The zero-order valence-corrected chi connectivity index (χ0v) is 21.1. The molecule has 0 saturated carbocycles. The monoisotopic (exact) mass is 456 g/mol. The molecule has 0 heterocycles. The van der Waals surface area contributed by atoms with Gasteiger partial charge in [-0.25, -0.2) is 0 Å². The summed E-state index contributed by atoms with van der Waals surface area (Å²) in [5, 5.41) is 6.18. The van der Waals surface area contributed by atoms with E-state index in [2.05, 4.69) is 135 Å². The van der Waals surface area contributed by atoms with Crippen molar-refractivity contribution in [3.05, 3.63) is 121 Å². The summed E-state index contributed by atoms with van der Waals surface area (Å²) in [5.74, 6) is 0. The third-order valence-electron chi connectivity index (χ3n) is 6.94. The van der Waals surface area contributed by atoms with Gasteiger partial charge in [0, 0.05) is 0 Å². The number of hydrogen-bond donors (Lipinski definition) is 0. The molecular weight excluding hydrogens is 422 g/mol. The quantitative estimate of drug-likeness (QED) is 0.257. The van der Waals surface area contributed by atoms with Gasteiger partial charge in [0.2, 0.25) is 0 Å². The molecule has 0 aliphatic rings. The summed E-state index contributed by atoms with van der Waals surface area (Å²) in [6.07, 6.45) is 4.91. The fraction of sp³-hybridized carbons (Fsp3) is 0.200. The fourth-order valence-electron chi connectivity index (χ4n) is 5.06. The van der Waals surface area contributed by atoms with Crippen LogP contribution < -0.4 is 21.2 Å². The third kappa shape index (κ3) is 4.45. The van der Waals surface area contributed by atoms with Crippen LogP contribution in [0, 0.1) is 0 Å². The molecule has 0 bridgehead atoms. The van der Waals surface area contributed by atoms with Gasteiger partial charge in [-0.1, -0.05) is 72.8 Å². The van der Waals surface area contributed by atoms with Crippen LogP contribution in [0.4, 0.5) is 0 Å². The van der Waals surface area contributed by atoms with Crippen molar-refractivity contribution < 1.29 is 0 Å². The first kappa shape index (κ1) is 22.9. The van der Waals surface area contributed by atoms with E-state index in [1.54, 1.807) is 21.2 Å². The molecule has 0 aliphatic carbocycles. The minimum Gasteiger partial charge on any atom is -0.0620 e. The molecule has 0 spiro atoms. The molecule has 0 saturated heterocycles. The van der Waals surface area contributed by atoms with Crippen molar-refractivity contribution in [2.45, 2.75) is 13.8 Å². The Labute approximate surface area is 195 Å². The smallest absolute Gasteiger partial charge is 0.0620 e. The van der Waals surface area contributed by atoms with Crippen LogP contribution >= 0.6 is 14.5 Å². The van der Waals surface area contributed by atoms with Gasteiger partial charge in [-0.05, 0) is 62.4 Å². The van der Waals surface area contributed by atoms with Gasteiger partial charge in [-0.3, -0.25) is 0 Å². The SMILES string of the molecule is CC[P+](CC[P+](CC)(c1ccccc1)c1ccccc1)(c1ccccc1)c1ccccc1. The Kier molecular flexibility index (Phi) is 7.57. The summed E-state index contributed by atoms with van der Waals surface area (Å²) in [6, 6.07) is 45.4. The van der Waals surface area contributed by atoms with E-state index < -0.39 is 14.5 Å². The zero-order valence-electron chi connectivity index (χ0n) is 19.3. The van der Waals surface area contributed by atoms with E-state index in [0.717, 1.165) is 0 Å². The van der Waals surface area contributed by atoms with Crippen LogP contribution in [0.3, 0.4) is 0 Å². The van der Waals surface area contributed by atoms with Crippen LogP contribution in [0.15, 0.2) is 121 Å². The topological polar surface area (TPSA) is 0 Å². The molecule has 0 aliphatic heterocycles. The lowest BCUT2D eigenvalue weighted by Gasteiger charge is -2.31. The Bertz CT molecular complexity index is 907. The second-order valence-electron chi connectivity index (χ2n) is 8.36. The Morgan fingerprint density at radius 3 is 0.781 bits per heavy atom. The van der Waals surface area contributed by atoms with E-state index in [1.165, 1.54) is 24.6 Å². The highest BCUT2D eigenvalue weighted by molar-refractivity contribution is 7.93. The molecule has 32 heavy (non-hydrogen) atoms. The molecule has 0 amide bonds. The van der Waals surface area contributed by atoms with Crippen LogP contribution in [0.25, 0.3) is 0 Å². The largest absolute Gasteiger partial charge is 0.103 e. The van der Waals surface area contributed by atoms with Crippen LogP contribution in [0.2, 0.25) is 0 Å². The van der Waals surface area contributed by atoms with Crippen molar-refractivity contribution in [3.8, 4) is 0 Å². The first-order valence-corrected chi connectivity index (χ1v) is 16.0. The minimum absolute atomic E-state index is 1.20. The second-order valence-corrected chi connectivity index (χ2v) is 16.5. The van der Waals surface area contributed by atoms with Crippen molar-refractivity contribution in [2.24, 2.45) is 0 Å². The maximum Gasteiger partial charge on any atom is 0.103 e. The van der Waals surface area contributed by atoms with Gasteiger partial charge < -0.3 is 0 Å². The highest BCUT2D eigenvalue weighted by Crippen LogP contribution is 2.63. The second kappa shape index (κ2) is 10.6. The third-order valence-corrected chi connectivity index (χ3v) is 16.6. The molecule has 4 rings (SSSR count). The Morgan fingerprint density at radius 2 is 0.594 bits per heavy atom. The van der Waals surface area contributed by atoms with Crippen molar-refractivity contribution in [3.63, 3.8) is 0 Å². The molecule has 0 nitrogen and oxygen atoms in total. The molecule has 2 heteroatoms. The van der Waals surface area contributed by atoms with Crippen molar-refractivity contribution >= 4 is 35.7 Å². The summed E-state index contributed by atoms with van der Waals surface area (Å²) >= 11 is 0. The van der Waals surface area contributed by atoms with Crippen LogP contribution in [-0.2, 0) is 0 Å². The van der Waals surface area contributed by atoms with Crippen LogP contribution in [0.5, 0.6) is 0 Å². The molecule has 0 fully saturated rings. The zero-order chi connectivity index (χ0) is 22.3. The van der Waals surface area contributed by atoms with E-state index >= 15 is 0 Å². The molecule has 0 aromatic heterocycles. The highest BCUT2D eigenvalue weighted by Gasteiger charge is 2.48. The van der Waals surface area contributed by atoms with Gasteiger partial charge in [-0.15, -0.1) is 0 Å². The van der Waals surface area contributed by atoms with Gasteiger partial charge in [0.25, 0.3) is 0 Å². The molecule has 0 N–H and O–H groups in total. The van der Waals surface area contributed by atoms with Gasteiger partial charge in [-0.2, -0.15) is 0 Å². The molecule has 0 unspecified atom stereocenters. The first-order chi connectivity index (χ1) is 15.7. The van der Waals surface area contributed by atoms with Crippen molar-refractivity contribution in [2.75, 3.05) is 24.6 Å². The maximum absolute atomic E-state index is 2.41. The molecular formula is C30H34P2+2. The van der Waals surface area contributed by atoms with Gasteiger partial charge in [0.05, 0.1) is 48.1 Å². The molecule has 162 valence electrons. The number of benzene rings is 4. The van der Waals surface area contributed by atoms with E-state index in [-0.39, 0.29) is 0 Å². The minimum atomic E-state index is -1.50. The average molecular weight is 457 g/mol. The predicted molar refractivity (Wildman–Crippen MR) is 149 cm³/mol. The lowest BCUT2D eigenvalue weighted by atomic mass is 10.4. The molecule has 4 aromatic carbocycles. The lowest BCUT2D eigenvalue weighted by molar-refractivity contribution is 1.36. The van der Waals surface area contributed by atoms with Gasteiger partial charge in [0.15, 0.2) is 0 Å². The standard InChI is InChI=1S/C30H34P2/c1-3-31(27-17-9-5-10-18-27,28-19-11-6-12-20-28)25-26-32(4-2,29-21-13-7-14-22-29)30-23-15-8-16-24-30/h5-24H,3-4,25-26H2,1-2H3/q+2. The lowest BCUT2D eigenvalue weighted by Crippen LogP contribution is -2.33. The van der Waals surface area contributed by atoms with Gasteiger partial charge >= 0.3 is 0 Å². The summed E-state index contributed by atoms with van der Waals surface area (Å²) < 4.78 is 0. The molecule has 0 radical (unpaired) electrons. The number of rotatable bonds is 9. The summed E-state index contributed by atoms with van der Waals surface area (Å²) in [4.78, 5) is 0. The fourth-order valence-corrected chi connectivity index (χ4v) is 14.5. The molecule has 4 aromatic rings. The van der Waals surface area contributed by atoms with E-state index in [1.807, 2.05) is 0 Å². The van der Waals surface area contributed by atoms with Gasteiger partial charge in [0.1, 0.15) is 12.3 Å². The Morgan fingerprint density at radius 1 is 0.375 bits per heavy atom. The first-order valence-electron chi connectivity index (χ1n) is 11.7. The predicted octanol–water partition coefficient (Wildman–Crippen LogP) is 6.36. The Hall–Kier alpha value is -2.26. The average Bonchev–Trinajstić information content (AvgIpc) is 2.89.